The number of nitrogens with zero attached hydrogens (tertiary/aromatic N) is 1. The Morgan fingerprint density at radius 3 is 1.02 bits per heavy atom. The molecule has 0 N–H and O–H groups in total. The van der Waals surface area contributed by atoms with Gasteiger partial charge in [0.25, 0.3) is 7.82 Å². The first-order valence-electron chi connectivity index (χ1n) is 34.9. The summed E-state index contributed by atoms with van der Waals surface area (Å²) in [6.45, 7) is 4.15. The Bertz CT molecular complexity index is 1740. The van der Waals surface area contributed by atoms with Crippen LogP contribution < -0.4 is 4.89 Å². The van der Waals surface area contributed by atoms with E-state index in [4.69, 9.17) is 18.5 Å². The van der Waals surface area contributed by atoms with E-state index in [1.165, 1.54) is 186 Å². The molecular formula is C74H132NO8P. The molecule has 0 aliphatic carbocycles. The first-order valence-corrected chi connectivity index (χ1v) is 36.4. The van der Waals surface area contributed by atoms with Crippen LogP contribution in [-0.4, -0.2) is 70.0 Å². The monoisotopic (exact) mass is 1190 g/mol. The van der Waals surface area contributed by atoms with E-state index in [-0.39, 0.29) is 32.0 Å². The number of hydrogen-bond acceptors (Lipinski definition) is 8. The fourth-order valence-corrected chi connectivity index (χ4v) is 10.5. The lowest BCUT2D eigenvalue weighted by atomic mass is 10.0. The Morgan fingerprint density at radius 1 is 0.381 bits per heavy atom. The molecule has 0 aliphatic heterocycles. The molecule has 0 aromatic carbocycles. The van der Waals surface area contributed by atoms with E-state index < -0.39 is 26.5 Å². The standard InChI is InChI=1S/C74H132NO8P/c1-6-8-10-12-14-16-18-20-22-24-26-28-30-32-34-35-36-37-38-39-41-43-45-47-49-51-53-55-57-59-61-63-65-67-74(77)83-72(71-82-84(78,79)81-69-68-75(3,4)5)70-80-73(76)66-64-62-60-58-56-54-52-50-48-46-44-42-40-33-31-29-27-25-23-21-19-17-15-13-11-9-7-2/h8,10,14,16,20,22,25-28,32,34,36-37,39,41,72H,6-7,9,11-13,15,17-19,21,23-24,29-31,33,35,38,40,42-71H2,1-5H3/b10-8-,16-14-,22-20-,27-25-,28-26-,34-32-,37-36-,41-39-. The highest BCUT2D eigenvalue weighted by Crippen LogP contribution is 2.38. The lowest BCUT2D eigenvalue weighted by molar-refractivity contribution is -0.870. The molecule has 2 unspecified atom stereocenters. The SMILES string of the molecule is CC/C=C\C/C=C\C/C=C\C/C=C\C/C=C\C/C=C\C/C=C\CCCCCCCCCCCCCC(=O)OC(COC(=O)CCCCCCCCCCCCCCCCC/C=C\CCCCCCCCCC)COP(=O)([O-])OCC[N+](C)(C)C. The number of phosphoric acid groups is 1. The zero-order valence-corrected chi connectivity index (χ0v) is 56.2. The molecule has 0 heterocycles. The minimum Gasteiger partial charge on any atom is -0.756 e. The number of unbranched alkanes of at least 4 members (excludes halogenated alkanes) is 34. The third-order valence-electron chi connectivity index (χ3n) is 15.1. The van der Waals surface area contributed by atoms with Crippen LogP contribution in [0.3, 0.4) is 0 Å². The molecule has 0 bridgehead atoms. The van der Waals surface area contributed by atoms with Crippen molar-refractivity contribution >= 4 is 19.8 Å². The molecule has 84 heavy (non-hydrogen) atoms. The molecule has 0 aromatic heterocycles. The number of carbonyl (C=O) groups excluding carboxylic acids is 2. The van der Waals surface area contributed by atoms with E-state index in [0.717, 1.165) is 89.9 Å². The average Bonchev–Trinajstić information content (AvgIpc) is 3.61. The summed E-state index contributed by atoms with van der Waals surface area (Å²) in [6.07, 6.45) is 89.1. The molecule has 10 heteroatoms. The van der Waals surface area contributed by atoms with Gasteiger partial charge in [0.15, 0.2) is 6.10 Å². The fourth-order valence-electron chi connectivity index (χ4n) is 9.75. The van der Waals surface area contributed by atoms with Crippen LogP contribution >= 0.6 is 7.82 Å². The smallest absolute Gasteiger partial charge is 0.306 e. The van der Waals surface area contributed by atoms with Crippen molar-refractivity contribution in [3.8, 4) is 0 Å². The molecule has 0 rings (SSSR count). The van der Waals surface area contributed by atoms with Crippen molar-refractivity contribution in [3.05, 3.63) is 97.2 Å². The van der Waals surface area contributed by atoms with Crippen LogP contribution in [0.1, 0.15) is 309 Å². The van der Waals surface area contributed by atoms with Gasteiger partial charge in [0, 0.05) is 12.8 Å². The van der Waals surface area contributed by atoms with Gasteiger partial charge in [-0.1, -0.05) is 297 Å². The van der Waals surface area contributed by atoms with Crippen molar-refractivity contribution in [2.75, 3.05) is 47.5 Å². The van der Waals surface area contributed by atoms with Crippen LogP contribution in [0, 0.1) is 0 Å². The third kappa shape index (κ3) is 68.0. The van der Waals surface area contributed by atoms with Crippen LogP contribution in [-0.2, 0) is 32.7 Å². The first-order chi connectivity index (χ1) is 41.0. The number of carbonyl (C=O) groups is 2. The van der Waals surface area contributed by atoms with Gasteiger partial charge in [-0.3, -0.25) is 14.2 Å². The normalized spacial score (nSPS) is 13.7. The number of rotatable bonds is 64. The van der Waals surface area contributed by atoms with Gasteiger partial charge in [0.05, 0.1) is 27.7 Å². The van der Waals surface area contributed by atoms with Gasteiger partial charge in [0.1, 0.15) is 19.8 Å². The van der Waals surface area contributed by atoms with Crippen LogP contribution in [0.25, 0.3) is 0 Å². The lowest BCUT2D eigenvalue weighted by Crippen LogP contribution is -2.37. The molecular weight excluding hydrogens is 1060 g/mol. The quantitative estimate of drug-likeness (QED) is 0.0195. The Hall–Kier alpha value is -3.07. The summed E-state index contributed by atoms with van der Waals surface area (Å²) < 4.78 is 34.3. The zero-order chi connectivity index (χ0) is 61.2. The van der Waals surface area contributed by atoms with Crippen molar-refractivity contribution in [1.29, 1.82) is 0 Å². The molecule has 0 amide bonds. The third-order valence-corrected chi connectivity index (χ3v) is 16.1. The Labute approximate surface area is 519 Å². The maximum Gasteiger partial charge on any atom is 0.306 e. The number of quaternary nitrogens is 1. The summed E-state index contributed by atoms with van der Waals surface area (Å²) >= 11 is 0. The highest BCUT2D eigenvalue weighted by Gasteiger charge is 2.22. The summed E-state index contributed by atoms with van der Waals surface area (Å²) in [7, 11) is 1.16. The summed E-state index contributed by atoms with van der Waals surface area (Å²) in [5, 5.41) is 0. The Morgan fingerprint density at radius 2 is 0.679 bits per heavy atom. The van der Waals surface area contributed by atoms with Crippen LogP contribution in [0.2, 0.25) is 0 Å². The van der Waals surface area contributed by atoms with Gasteiger partial charge in [-0.05, 0) is 96.3 Å². The maximum atomic E-state index is 12.9. The highest BCUT2D eigenvalue weighted by atomic mass is 31.2. The Balaban J connectivity index is 4.07. The Kier molecular flexibility index (Phi) is 62.1. The van der Waals surface area contributed by atoms with Crippen LogP contribution in [0.4, 0.5) is 0 Å². The van der Waals surface area contributed by atoms with Crippen molar-refractivity contribution in [2.24, 2.45) is 0 Å². The first kappa shape index (κ1) is 80.9. The van der Waals surface area contributed by atoms with E-state index in [9.17, 15) is 19.0 Å². The molecule has 0 saturated heterocycles. The predicted octanol–water partition coefficient (Wildman–Crippen LogP) is 22.1. The summed E-state index contributed by atoms with van der Waals surface area (Å²) in [4.78, 5) is 38.1. The van der Waals surface area contributed by atoms with Crippen molar-refractivity contribution < 1.29 is 42.1 Å². The number of esters is 2. The van der Waals surface area contributed by atoms with E-state index in [1.807, 2.05) is 21.1 Å². The van der Waals surface area contributed by atoms with Gasteiger partial charge < -0.3 is 27.9 Å². The van der Waals surface area contributed by atoms with Crippen molar-refractivity contribution in [1.82, 2.24) is 0 Å². The van der Waals surface area contributed by atoms with Crippen molar-refractivity contribution in [3.63, 3.8) is 0 Å². The van der Waals surface area contributed by atoms with Crippen LogP contribution in [0.15, 0.2) is 97.2 Å². The second-order valence-corrected chi connectivity index (χ2v) is 25.9. The number of phosphoric ester groups is 1. The minimum atomic E-state index is -4.65. The van der Waals surface area contributed by atoms with E-state index in [2.05, 4.69) is 111 Å². The van der Waals surface area contributed by atoms with E-state index >= 15 is 0 Å². The molecule has 0 fully saturated rings. The van der Waals surface area contributed by atoms with E-state index in [0.29, 0.717) is 17.4 Å². The summed E-state index contributed by atoms with van der Waals surface area (Å²) in [5.41, 5.74) is 0. The highest BCUT2D eigenvalue weighted by molar-refractivity contribution is 7.45. The summed E-state index contributed by atoms with van der Waals surface area (Å²) in [6, 6.07) is 0. The van der Waals surface area contributed by atoms with Gasteiger partial charge in [-0.25, -0.2) is 0 Å². The predicted molar refractivity (Wildman–Crippen MR) is 360 cm³/mol. The molecule has 0 radical (unpaired) electrons. The second kappa shape index (κ2) is 64.4. The molecule has 9 nitrogen and oxygen atoms in total. The number of allylic oxidation sites excluding steroid dienone is 16. The summed E-state index contributed by atoms with van der Waals surface area (Å²) in [5.74, 6) is -0.829. The molecule has 486 valence electrons. The minimum absolute atomic E-state index is 0.0340. The molecule has 0 aliphatic rings. The van der Waals surface area contributed by atoms with Crippen LogP contribution in [0.5, 0.6) is 0 Å². The number of likely N-dealkylation sites (N-methyl/N-ethyl adjacent to an activating group) is 1. The molecule has 0 aromatic rings. The number of ether oxygens (including phenoxy) is 2. The van der Waals surface area contributed by atoms with E-state index in [1.54, 1.807) is 0 Å². The van der Waals surface area contributed by atoms with Gasteiger partial charge >= 0.3 is 11.9 Å². The second-order valence-electron chi connectivity index (χ2n) is 24.5. The maximum absolute atomic E-state index is 12.9. The lowest BCUT2D eigenvalue weighted by Gasteiger charge is -2.28. The topological polar surface area (TPSA) is 111 Å². The van der Waals surface area contributed by atoms with Crippen molar-refractivity contribution in [2.45, 2.75) is 315 Å². The van der Waals surface area contributed by atoms with Gasteiger partial charge in [-0.2, -0.15) is 0 Å². The molecule has 2 atom stereocenters. The zero-order valence-electron chi connectivity index (χ0n) is 55.3. The van der Waals surface area contributed by atoms with Gasteiger partial charge in [-0.15, -0.1) is 0 Å². The number of hydrogen-bond donors (Lipinski definition) is 0. The average molecular weight is 1190 g/mol. The largest absolute Gasteiger partial charge is 0.756 e. The van der Waals surface area contributed by atoms with Gasteiger partial charge in [0.2, 0.25) is 0 Å². The molecule has 0 spiro atoms. The molecule has 0 saturated carbocycles. The fraction of sp³-hybridized carbons (Fsp3) is 0.757.